The highest BCUT2D eigenvalue weighted by molar-refractivity contribution is 7.99. The number of hydrogen-bond acceptors (Lipinski definition) is 3. The molecule has 120 valence electrons. The molecule has 0 atom stereocenters. The fourth-order valence-electron chi connectivity index (χ4n) is 1.79. The molecule has 2 rings (SSSR count). The lowest BCUT2D eigenvalue weighted by molar-refractivity contribution is -0.121. The van der Waals surface area contributed by atoms with Crippen LogP contribution in [0.4, 0.5) is 0 Å². The highest BCUT2D eigenvalue weighted by Gasteiger charge is 2.03. The van der Waals surface area contributed by atoms with E-state index >= 15 is 0 Å². The summed E-state index contributed by atoms with van der Waals surface area (Å²) in [6.07, 6.45) is 0.424. The first-order valence-electron chi connectivity index (χ1n) is 7.28. The standard InChI is InChI=1S/C17H19N3OS2/c21-16(11-12-23-15-9-5-2-6-10-15)19-20-17(22)18-13-14-7-3-1-4-8-14/h1-10H,11-13H2,(H,19,21)(H2,18,20,22). The number of carbonyl (C=O) groups is 1. The Bertz CT molecular complexity index is 620. The maximum atomic E-state index is 11.7. The van der Waals surface area contributed by atoms with E-state index in [1.54, 1.807) is 11.8 Å². The van der Waals surface area contributed by atoms with Gasteiger partial charge in [-0.1, -0.05) is 48.5 Å². The lowest BCUT2D eigenvalue weighted by Gasteiger charge is -2.11. The minimum atomic E-state index is -0.0858. The molecule has 0 heterocycles. The highest BCUT2D eigenvalue weighted by atomic mass is 32.2. The van der Waals surface area contributed by atoms with Gasteiger partial charge in [0.25, 0.3) is 0 Å². The molecule has 0 aromatic heterocycles. The predicted octanol–water partition coefficient (Wildman–Crippen LogP) is 2.86. The molecule has 4 nitrogen and oxygen atoms in total. The molecule has 0 spiro atoms. The minimum Gasteiger partial charge on any atom is -0.357 e. The van der Waals surface area contributed by atoms with E-state index in [0.29, 0.717) is 18.1 Å². The molecule has 0 unspecified atom stereocenters. The van der Waals surface area contributed by atoms with Crippen LogP contribution in [-0.2, 0) is 11.3 Å². The number of carbonyl (C=O) groups excluding carboxylic acids is 1. The van der Waals surface area contributed by atoms with Gasteiger partial charge in [0.1, 0.15) is 0 Å². The van der Waals surface area contributed by atoms with Crippen LogP contribution in [0.2, 0.25) is 0 Å². The molecule has 0 saturated heterocycles. The normalized spacial score (nSPS) is 9.91. The van der Waals surface area contributed by atoms with Crippen molar-refractivity contribution in [2.24, 2.45) is 0 Å². The molecule has 0 saturated carbocycles. The molecule has 6 heteroatoms. The van der Waals surface area contributed by atoms with Crippen LogP contribution in [0.3, 0.4) is 0 Å². The molecule has 2 aromatic rings. The molecule has 1 amide bonds. The second kappa shape index (κ2) is 9.86. The molecule has 2 aromatic carbocycles. The van der Waals surface area contributed by atoms with Gasteiger partial charge in [0.05, 0.1) is 0 Å². The summed E-state index contributed by atoms with van der Waals surface area (Å²) in [6, 6.07) is 19.9. The van der Waals surface area contributed by atoms with Crippen molar-refractivity contribution in [2.45, 2.75) is 17.9 Å². The van der Waals surface area contributed by atoms with Crippen LogP contribution in [-0.4, -0.2) is 16.8 Å². The van der Waals surface area contributed by atoms with Crippen LogP contribution >= 0.6 is 24.0 Å². The number of benzene rings is 2. The summed E-state index contributed by atoms with van der Waals surface area (Å²) >= 11 is 6.77. The summed E-state index contributed by atoms with van der Waals surface area (Å²) in [4.78, 5) is 12.9. The van der Waals surface area contributed by atoms with Gasteiger partial charge in [-0.25, -0.2) is 0 Å². The minimum absolute atomic E-state index is 0.0858. The number of hydrogen-bond donors (Lipinski definition) is 3. The average Bonchev–Trinajstić information content (AvgIpc) is 2.60. The van der Waals surface area contributed by atoms with Gasteiger partial charge in [0.15, 0.2) is 5.11 Å². The van der Waals surface area contributed by atoms with Crippen LogP contribution in [0.15, 0.2) is 65.6 Å². The molecule has 0 fully saturated rings. The molecule has 0 aliphatic rings. The van der Waals surface area contributed by atoms with E-state index in [0.717, 1.165) is 16.2 Å². The van der Waals surface area contributed by atoms with Crippen LogP contribution in [0, 0.1) is 0 Å². The van der Waals surface area contributed by atoms with Crippen molar-refractivity contribution < 1.29 is 4.79 Å². The summed E-state index contributed by atoms with van der Waals surface area (Å²) in [7, 11) is 0. The maximum Gasteiger partial charge on any atom is 0.239 e. The van der Waals surface area contributed by atoms with Crippen LogP contribution in [0.5, 0.6) is 0 Å². The van der Waals surface area contributed by atoms with E-state index < -0.39 is 0 Å². The highest BCUT2D eigenvalue weighted by Crippen LogP contribution is 2.17. The van der Waals surface area contributed by atoms with Crippen molar-refractivity contribution >= 4 is 35.0 Å². The van der Waals surface area contributed by atoms with E-state index in [9.17, 15) is 4.79 Å². The Hall–Kier alpha value is -2.05. The van der Waals surface area contributed by atoms with Crippen molar-refractivity contribution in [3.8, 4) is 0 Å². The van der Waals surface area contributed by atoms with E-state index in [2.05, 4.69) is 16.2 Å². The Morgan fingerprint density at radius 2 is 1.61 bits per heavy atom. The van der Waals surface area contributed by atoms with Crippen LogP contribution in [0.1, 0.15) is 12.0 Å². The van der Waals surface area contributed by atoms with E-state index in [-0.39, 0.29) is 5.91 Å². The Morgan fingerprint density at radius 1 is 0.957 bits per heavy atom. The lowest BCUT2D eigenvalue weighted by Crippen LogP contribution is -2.46. The molecule has 3 N–H and O–H groups in total. The number of thiocarbonyl (C=S) groups is 1. The molecule has 0 bridgehead atoms. The first-order valence-corrected chi connectivity index (χ1v) is 8.68. The van der Waals surface area contributed by atoms with Gasteiger partial charge in [-0.15, -0.1) is 11.8 Å². The molecule has 0 radical (unpaired) electrons. The summed E-state index contributed by atoms with van der Waals surface area (Å²) in [5.41, 5.74) is 6.44. The van der Waals surface area contributed by atoms with Gasteiger partial charge < -0.3 is 5.32 Å². The second-order valence-corrected chi connectivity index (χ2v) is 6.33. The Kier molecular flexibility index (Phi) is 7.42. The van der Waals surface area contributed by atoms with E-state index in [1.165, 1.54) is 0 Å². The van der Waals surface area contributed by atoms with Crippen molar-refractivity contribution in [1.82, 2.24) is 16.2 Å². The van der Waals surface area contributed by atoms with Crippen LogP contribution in [0.25, 0.3) is 0 Å². The van der Waals surface area contributed by atoms with Gasteiger partial charge in [0.2, 0.25) is 5.91 Å². The summed E-state index contributed by atoms with van der Waals surface area (Å²) in [6.45, 7) is 0.617. The third-order valence-electron chi connectivity index (χ3n) is 2.95. The number of thioether (sulfide) groups is 1. The Morgan fingerprint density at radius 3 is 2.30 bits per heavy atom. The average molecular weight is 345 g/mol. The quantitative estimate of drug-likeness (QED) is 0.427. The first-order chi connectivity index (χ1) is 11.2. The zero-order valence-corrected chi connectivity index (χ0v) is 14.3. The first kappa shape index (κ1) is 17.3. The monoisotopic (exact) mass is 345 g/mol. The zero-order valence-electron chi connectivity index (χ0n) is 12.6. The van der Waals surface area contributed by atoms with Crippen molar-refractivity contribution in [3.63, 3.8) is 0 Å². The number of rotatable bonds is 6. The van der Waals surface area contributed by atoms with Crippen molar-refractivity contribution in [3.05, 3.63) is 66.2 Å². The van der Waals surface area contributed by atoms with Gasteiger partial charge in [-0.2, -0.15) is 0 Å². The fraction of sp³-hybridized carbons (Fsp3) is 0.176. The van der Waals surface area contributed by atoms with Gasteiger partial charge in [0, 0.05) is 23.6 Å². The summed E-state index contributed by atoms with van der Waals surface area (Å²) in [5.74, 6) is 0.638. The smallest absolute Gasteiger partial charge is 0.239 e. The molecule has 0 aliphatic carbocycles. The van der Waals surface area contributed by atoms with E-state index in [1.807, 2.05) is 60.7 Å². The predicted molar refractivity (Wildman–Crippen MR) is 98.9 cm³/mol. The molecule has 23 heavy (non-hydrogen) atoms. The van der Waals surface area contributed by atoms with Gasteiger partial charge in [-0.05, 0) is 29.9 Å². The molecule has 0 aliphatic heterocycles. The largest absolute Gasteiger partial charge is 0.357 e. The topological polar surface area (TPSA) is 53.2 Å². The number of nitrogens with one attached hydrogen (secondary N) is 3. The van der Waals surface area contributed by atoms with Gasteiger partial charge in [-0.3, -0.25) is 15.6 Å². The Balaban J connectivity index is 1.57. The molecular weight excluding hydrogens is 326 g/mol. The Labute approximate surface area is 146 Å². The fourth-order valence-corrected chi connectivity index (χ4v) is 2.79. The second-order valence-electron chi connectivity index (χ2n) is 4.75. The maximum absolute atomic E-state index is 11.7. The SMILES string of the molecule is O=C(CCSc1ccccc1)NNC(=S)NCc1ccccc1. The third-order valence-corrected chi connectivity index (χ3v) is 4.21. The van der Waals surface area contributed by atoms with E-state index in [4.69, 9.17) is 12.2 Å². The summed E-state index contributed by atoms with van der Waals surface area (Å²) < 4.78 is 0. The zero-order chi connectivity index (χ0) is 16.3. The number of hydrazine groups is 1. The molecular formula is C17H19N3OS2. The van der Waals surface area contributed by atoms with Crippen molar-refractivity contribution in [1.29, 1.82) is 0 Å². The third kappa shape index (κ3) is 7.17. The summed E-state index contributed by atoms with van der Waals surface area (Å²) in [5, 5.41) is 3.44. The van der Waals surface area contributed by atoms with Crippen molar-refractivity contribution in [2.75, 3.05) is 5.75 Å². The van der Waals surface area contributed by atoms with Crippen LogP contribution < -0.4 is 16.2 Å². The number of amides is 1. The van der Waals surface area contributed by atoms with Gasteiger partial charge >= 0.3 is 0 Å². The lowest BCUT2D eigenvalue weighted by atomic mass is 10.2.